The molecule has 8 aromatic carbocycles. The molecule has 6 nitrogen and oxygen atoms in total. The van der Waals surface area contributed by atoms with Gasteiger partial charge >= 0.3 is 0 Å². The van der Waals surface area contributed by atoms with E-state index >= 15 is 0 Å². The van der Waals surface area contributed by atoms with E-state index in [0.717, 1.165) is 88.4 Å². The lowest BCUT2D eigenvalue weighted by Gasteiger charge is -2.12. The lowest BCUT2D eigenvalue weighted by Crippen LogP contribution is -2.01. The fourth-order valence-corrected chi connectivity index (χ4v) is 8.42. The molecule has 0 fully saturated rings. The van der Waals surface area contributed by atoms with Crippen molar-refractivity contribution in [3.05, 3.63) is 182 Å². The van der Waals surface area contributed by atoms with E-state index in [-0.39, 0.29) is 0 Å². The lowest BCUT2D eigenvalue weighted by molar-refractivity contribution is 0.668. The summed E-state index contributed by atoms with van der Waals surface area (Å²) in [6.45, 7) is 0. The summed E-state index contributed by atoms with van der Waals surface area (Å²) in [7, 11) is 0. The second-order valence-electron chi connectivity index (χ2n) is 14.4. The molecule has 0 radical (unpaired) electrons. The molecule has 0 spiro atoms. The number of para-hydroxylation sites is 3. The Morgan fingerprint density at radius 3 is 1.81 bits per heavy atom. The van der Waals surface area contributed by atoms with Gasteiger partial charge in [0.15, 0.2) is 17.5 Å². The summed E-state index contributed by atoms with van der Waals surface area (Å²) in [4.78, 5) is 15.4. The van der Waals surface area contributed by atoms with E-state index in [9.17, 15) is 0 Å². The third kappa shape index (κ3) is 5.01. The van der Waals surface area contributed by atoms with Crippen molar-refractivity contribution in [1.82, 2.24) is 19.5 Å². The molecule has 0 aliphatic heterocycles. The highest BCUT2D eigenvalue weighted by Crippen LogP contribution is 2.39. The van der Waals surface area contributed by atoms with Crippen molar-refractivity contribution in [1.29, 1.82) is 0 Å². The molecule has 0 aliphatic rings. The van der Waals surface area contributed by atoms with Crippen LogP contribution in [0.5, 0.6) is 0 Å². The Hall–Kier alpha value is -7.83. The highest BCUT2D eigenvalue weighted by Gasteiger charge is 2.19. The topological polar surface area (TPSA) is 69.9 Å². The van der Waals surface area contributed by atoms with Crippen LogP contribution in [0.25, 0.3) is 117 Å². The van der Waals surface area contributed by atoms with E-state index in [4.69, 9.17) is 23.8 Å². The Morgan fingerprint density at radius 2 is 0.930 bits per heavy atom. The van der Waals surface area contributed by atoms with Crippen LogP contribution in [0.3, 0.4) is 0 Å². The molecular weight excluding hydrogens is 701 g/mol. The maximum Gasteiger partial charge on any atom is 0.164 e. The van der Waals surface area contributed by atoms with Crippen LogP contribution in [-0.2, 0) is 0 Å². The van der Waals surface area contributed by atoms with E-state index in [1.165, 1.54) is 10.8 Å². The lowest BCUT2D eigenvalue weighted by atomic mass is 10.0. The molecule has 0 aliphatic carbocycles. The van der Waals surface area contributed by atoms with Gasteiger partial charge < -0.3 is 13.4 Å². The van der Waals surface area contributed by atoms with Crippen LogP contribution in [0.2, 0.25) is 0 Å². The average molecular weight is 731 g/mol. The molecule has 57 heavy (non-hydrogen) atoms. The molecular formula is C51H30N4O2. The molecule has 12 rings (SSSR count). The van der Waals surface area contributed by atoms with E-state index < -0.39 is 0 Å². The smallest absolute Gasteiger partial charge is 0.164 e. The third-order valence-corrected chi connectivity index (χ3v) is 11.1. The number of aromatic nitrogens is 4. The number of hydrogen-bond donors (Lipinski definition) is 0. The van der Waals surface area contributed by atoms with Crippen LogP contribution in [-0.4, -0.2) is 19.5 Å². The fraction of sp³-hybridized carbons (Fsp3) is 0. The molecule has 0 N–H and O–H groups in total. The maximum atomic E-state index is 6.26. The van der Waals surface area contributed by atoms with E-state index in [0.29, 0.717) is 17.5 Å². The summed E-state index contributed by atoms with van der Waals surface area (Å²) < 4.78 is 14.8. The van der Waals surface area contributed by atoms with Gasteiger partial charge in [-0.1, -0.05) is 127 Å². The molecule has 0 bridgehead atoms. The van der Waals surface area contributed by atoms with Crippen LogP contribution in [0.1, 0.15) is 0 Å². The average Bonchev–Trinajstić information content (AvgIpc) is 3.95. The van der Waals surface area contributed by atoms with Crippen molar-refractivity contribution in [3.63, 3.8) is 0 Å². The summed E-state index contributed by atoms with van der Waals surface area (Å²) in [5, 5.41) is 6.61. The monoisotopic (exact) mass is 730 g/mol. The fourth-order valence-electron chi connectivity index (χ4n) is 8.42. The van der Waals surface area contributed by atoms with Gasteiger partial charge in [-0.3, -0.25) is 0 Å². The Bertz CT molecular complexity index is 3540. The van der Waals surface area contributed by atoms with E-state index in [1.807, 2.05) is 72.8 Å². The van der Waals surface area contributed by atoms with Gasteiger partial charge in [0.1, 0.15) is 22.3 Å². The molecule has 0 unspecified atom stereocenters. The van der Waals surface area contributed by atoms with Gasteiger partial charge in [-0.15, -0.1) is 0 Å². The molecule has 0 saturated carbocycles. The van der Waals surface area contributed by atoms with Crippen LogP contribution < -0.4 is 0 Å². The first-order valence-electron chi connectivity index (χ1n) is 19.0. The number of benzene rings is 8. The molecule has 0 atom stereocenters. The Morgan fingerprint density at radius 1 is 0.333 bits per heavy atom. The molecule has 6 heteroatoms. The SMILES string of the molecule is c1ccc(-c2nc(-c3cccc(-n4c5ccccc5c5ccc(-c6ccc7oc8ccccc8c7c6)cc54)c3)nc(-c3cccc4oc5ccccc5c34)n2)cc1. The zero-order valence-electron chi connectivity index (χ0n) is 30.4. The van der Waals surface area contributed by atoms with Crippen LogP contribution in [0.4, 0.5) is 0 Å². The summed E-state index contributed by atoms with van der Waals surface area (Å²) in [5.41, 5.74) is 11.6. The number of rotatable bonds is 5. The van der Waals surface area contributed by atoms with Crippen molar-refractivity contribution >= 4 is 65.7 Å². The minimum absolute atomic E-state index is 0.588. The summed E-state index contributed by atoms with van der Waals surface area (Å²) in [6, 6.07) is 62.8. The number of nitrogens with zero attached hydrogens (tertiary/aromatic N) is 4. The molecule has 12 aromatic rings. The van der Waals surface area contributed by atoms with Gasteiger partial charge in [-0.05, 0) is 65.7 Å². The zero-order valence-corrected chi connectivity index (χ0v) is 30.4. The van der Waals surface area contributed by atoms with E-state index in [1.54, 1.807) is 0 Å². The van der Waals surface area contributed by atoms with Crippen LogP contribution >= 0.6 is 0 Å². The first-order chi connectivity index (χ1) is 28.2. The first-order valence-corrected chi connectivity index (χ1v) is 19.0. The highest BCUT2D eigenvalue weighted by atomic mass is 16.3. The zero-order chi connectivity index (χ0) is 37.5. The standard InChI is InChI=1S/C51H30N4O2/c1-2-12-31(13-3-1)49-52-50(54-51(53-49)40-19-11-23-47-48(40)39-18-6-9-22-45(39)57-47)34-14-10-15-35(28-34)55-42-20-7-4-16-36(42)37-26-24-33(30-43(37)55)32-25-27-46-41(29-32)38-17-5-8-21-44(38)56-46/h1-30H. The minimum Gasteiger partial charge on any atom is -0.456 e. The van der Waals surface area contributed by atoms with Crippen molar-refractivity contribution in [2.24, 2.45) is 0 Å². The van der Waals surface area contributed by atoms with Gasteiger partial charge in [0, 0.05) is 54.7 Å². The first kappa shape index (κ1) is 31.5. The highest BCUT2D eigenvalue weighted by molar-refractivity contribution is 6.13. The molecule has 0 saturated heterocycles. The Labute approximate surface area is 325 Å². The molecule has 266 valence electrons. The predicted molar refractivity (Wildman–Crippen MR) is 230 cm³/mol. The Balaban J connectivity index is 1.04. The van der Waals surface area contributed by atoms with Crippen molar-refractivity contribution in [3.8, 4) is 51.0 Å². The maximum absolute atomic E-state index is 6.26. The quantitative estimate of drug-likeness (QED) is 0.176. The van der Waals surface area contributed by atoms with Gasteiger partial charge in [0.05, 0.1) is 11.0 Å². The molecule has 0 amide bonds. The summed E-state index contributed by atoms with van der Waals surface area (Å²) in [5.74, 6) is 1.78. The van der Waals surface area contributed by atoms with Crippen molar-refractivity contribution in [2.45, 2.75) is 0 Å². The van der Waals surface area contributed by atoms with Crippen LogP contribution in [0.15, 0.2) is 191 Å². The van der Waals surface area contributed by atoms with Gasteiger partial charge in [0.2, 0.25) is 0 Å². The normalized spacial score (nSPS) is 11.9. The summed E-state index contributed by atoms with van der Waals surface area (Å²) in [6.07, 6.45) is 0. The third-order valence-electron chi connectivity index (χ3n) is 11.1. The second-order valence-corrected chi connectivity index (χ2v) is 14.4. The van der Waals surface area contributed by atoms with Gasteiger partial charge in [0.25, 0.3) is 0 Å². The van der Waals surface area contributed by atoms with Gasteiger partial charge in [-0.25, -0.2) is 15.0 Å². The van der Waals surface area contributed by atoms with Crippen molar-refractivity contribution in [2.75, 3.05) is 0 Å². The molecule has 4 aromatic heterocycles. The predicted octanol–water partition coefficient (Wildman–Crippen LogP) is 13.4. The Kier molecular flexibility index (Phi) is 6.83. The van der Waals surface area contributed by atoms with Crippen molar-refractivity contribution < 1.29 is 8.83 Å². The number of fused-ring (bicyclic) bond motifs is 9. The van der Waals surface area contributed by atoms with E-state index in [2.05, 4.69) is 114 Å². The largest absolute Gasteiger partial charge is 0.456 e. The second kappa shape index (κ2) is 12.3. The minimum atomic E-state index is 0.588. The van der Waals surface area contributed by atoms with Gasteiger partial charge in [-0.2, -0.15) is 0 Å². The summed E-state index contributed by atoms with van der Waals surface area (Å²) >= 11 is 0. The number of furan rings is 2. The van der Waals surface area contributed by atoms with Crippen LogP contribution in [0, 0.1) is 0 Å². The molecule has 4 heterocycles. The number of hydrogen-bond acceptors (Lipinski definition) is 5.